The first-order chi connectivity index (χ1) is 22.6. The number of aliphatic hydroxyl groups excluding tert-OH is 2. The highest BCUT2D eigenvalue weighted by Gasteiger charge is 2.85. The molecule has 4 fully saturated rings. The van der Waals surface area contributed by atoms with Gasteiger partial charge >= 0.3 is 23.9 Å². The van der Waals surface area contributed by atoms with Crippen molar-refractivity contribution in [2.45, 2.75) is 83.0 Å². The molecule has 1 aromatic rings. The zero-order chi connectivity index (χ0) is 34.9. The third kappa shape index (κ3) is 4.77. The van der Waals surface area contributed by atoms with Gasteiger partial charge in [0, 0.05) is 23.8 Å². The quantitative estimate of drug-likeness (QED) is 0.212. The molecular weight excluding hydrogens is 626 g/mol. The molecule has 5 aliphatic rings. The van der Waals surface area contributed by atoms with Crippen LogP contribution in [-0.4, -0.2) is 89.6 Å². The first-order valence-electron chi connectivity index (χ1n) is 16.0. The van der Waals surface area contributed by atoms with E-state index in [0.717, 1.165) is 12.7 Å². The van der Waals surface area contributed by atoms with Gasteiger partial charge in [0.05, 0.1) is 25.7 Å². The number of fused-ring (bicyclic) bond motifs is 2. The molecule has 258 valence electrons. The molecule has 2 saturated heterocycles. The molecule has 48 heavy (non-hydrogen) atoms. The number of carbonyl (C=O) groups is 5. The number of esters is 4. The first-order valence-corrected chi connectivity index (χ1v) is 16.0. The van der Waals surface area contributed by atoms with Crippen LogP contribution in [0, 0.1) is 28.6 Å². The standard InChI is InChI=1S/C35H41NO12/c1-16(2)11-23(38)47-26-28-34-15-45-35(28,32(43)44-5)29(40)24(39)27(34)33(4)14-21(37)25(17(3)19(33)13-22(34)46-31(26)42)48-30(41)20(36)12-18-9-7-6-8-10-18/h6-11,19-20,22,24,26-29,39-40H,12-15,36H2,1-5H3/t19-,20-,22+,24+,26+,27?,28+,29-,33-,34+,35-/m0/s1. The van der Waals surface area contributed by atoms with Crippen molar-refractivity contribution in [3.8, 4) is 0 Å². The van der Waals surface area contributed by atoms with Gasteiger partial charge < -0.3 is 39.6 Å². The van der Waals surface area contributed by atoms with Crippen LogP contribution in [0.25, 0.3) is 0 Å². The number of allylic oxidation sites excluding steroid dienone is 3. The molecule has 2 aliphatic heterocycles. The largest absolute Gasteiger partial charge is 0.467 e. The fraction of sp³-hybridized carbons (Fsp3) is 0.571. The number of benzene rings is 1. The van der Waals surface area contributed by atoms with E-state index < -0.39 is 94.3 Å². The summed E-state index contributed by atoms with van der Waals surface area (Å²) in [7, 11) is 1.08. The van der Waals surface area contributed by atoms with E-state index in [0.29, 0.717) is 11.1 Å². The number of ether oxygens (including phenoxy) is 5. The van der Waals surface area contributed by atoms with E-state index in [1.807, 2.05) is 30.3 Å². The van der Waals surface area contributed by atoms with Crippen molar-refractivity contribution in [3.05, 3.63) is 58.9 Å². The summed E-state index contributed by atoms with van der Waals surface area (Å²) in [6, 6.07) is 8.08. The molecule has 1 aromatic carbocycles. The van der Waals surface area contributed by atoms with Crippen molar-refractivity contribution in [2.75, 3.05) is 13.7 Å². The molecule has 11 atom stereocenters. The van der Waals surface area contributed by atoms with Gasteiger partial charge in [-0.15, -0.1) is 0 Å². The second kappa shape index (κ2) is 11.9. The van der Waals surface area contributed by atoms with E-state index in [9.17, 15) is 34.2 Å². The molecule has 0 aromatic heterocycles. The molecule has 13 heteroatoms. The normalized spacial score (nSPS) is 38.5. The summed E-state index contributed by atoms with van der Waals surface area (Å²) in [6.45, 7) is 6.48. The maximum atomic E-state index is 13.9. The lowest BCUT2D eigenvalue weighted by Crippen LogP contribution is -2.79. The molecule has 1 unspecified atom stereocenters. The van der Waals surface area contributed by atoms with Crippen LogP contribution in [0.4, 0.5) is 0 Å². The Morgan fingerprint density at radius 2 is 1.81 bits per heavy atom. The summed E-state index contributed by atoms with van der Waals surface area (Å²) in [5, 5.41) is 23.7. The highest BCUT2D eigenvalue weighted by molar-refractivity contribution is 5.98. The van der Waals surface area contributed by atoms with E-state index in [4.69, 9.17) is 29.4 Å². The van der Waals surface area contributed by atoms with E-state index in [1.54, 1.807) is 27.7 Å². The zero-order valence-electron chi connectivity index (χ0n) is 27.5. The second-order valence-corrected chi connectivity index (χ2v) is 14.2. The Morgan fingerprint density at radius 1 is 1.12 bits per heavy atom. The number of hydrogen-bond acceptors (Lipinski definition) is 13. The van der Waals surface area contributed by atoms with Crippen LogP contribution in [0.1, 0.15) is 46.1 Å². The smallest absolute Gasteiger partial charge is 0.348 e. The number of ketones is 1. The highest BCUT2D eigenvalue weighted by atomic mass is 16.6. The lowest BCUT2D eigenvalue weighted by Gasteiger charge is -2.67. The van der Waals surface area contributed by atoms with Crippen LogP contribution in [-0.2, 0) is 54.1 Å². The fourth-order valence-corrected chi connectivity index (χ4v) is 9.51. The summed E-state index contributed by atoms with van der Waals surface area (Å²) < 4.78 is 28.5. The third-order valence-corrected chi connectivity index (χ3v) is 11.3. The van der Waals surface area contributed by atoms with Crippen molar-refractivity contribution in [1.82, 2.24) is 0 Å². The lowest BCUT2D eigenvalue weighted by atomic mass is 9.38. The molecule has 6 rings (SSSR count). The van der Waals surface area contributed by atoms with Crippen LogP contribution < -0.4 is 5.73 Å². The van der Waals surface area contributed by atoms with Crippen molar-refractivity contribution >= 4 is 29.7 Å². The molecule has 0 amide bonds. The van der Waals surface area contributed by atoms with E-state index in [2.05, 4.69) is 0 Å². The second-order valence-electron chi connectivity index (χ2n) is 14.2. The number of rotatable bonds is 7. The summed E-state index contributed by atoms with van der Waals surface area (Å²) in [6.07, 6.45) is -5.05. The van der Waals surface area contributed by atoms with Gasteiger partial charge in [0.1, 0.15) is 18.2 Å². The van der Waals surface area contributed by atoms with E-state index in [1.165, 1.54) is 6.08 Å². The molecule has 4 N–H and O–H groups in total. The summed E-state index contributed by atoms with van der Waals surface area (Å²) in [5.41, 5.74) is 3.20. The number of hydrogen-bond donors (Lipinski definition) is 3. The number of aliphatic hydroxyl groups is 2. The number of Topliss-reactive ketones (excluding diaryl/α,β-unsaturated/α-hetero) is 1. The van der Waals surface area contributed by atoms with Crippen LogP contribution >= 0.6 is 0 Å². The van der Waals surface area contributed by atoms with Gasteiger partial charge in [-0.05, 0) is 56.1 Å². The van der Waals surface area contributed by atoms with E-state index in [-0.39, 0.29) is 31.6 Å². The Kier molecular flexibility index (Phi) is 8.42. The maximum Gasteiger partial charge on any atom is 0.348 e. The Hall–Kier alpha value is -3.91. The van der Waals surface area contributed by atoms with Crippen LogP contribution in [0.3, 0.4) is 0 Å². The zero-order valence-corrected chi connectivity index (χ0v) is 27.5. The maximum absolute atomic E-state index is 13.9. The fourth-order valence-electron chi connectivity index (χ4n) is 9.51. The Labute approximate surface area is 277 Å². The van der Waals surface area contributed by atoms with Crippen LogP contribution in [0.15, 0.2) is 53.3 Å². The van der Waals surface area contributed by atoms with Gasteiger partial charge in [-0.25, -0.2) is 19.2 Å². The van der Waals surface area contributed by atoms with Crippen LogP contribution in [0.2, 0.25) is 0 Å². The summed E-state index contributed by atoms with van der Waals surface area (Å²) in [4.78, 5) is 67.1. The Morgan fingerprint density at radius 3 is 2.46 bits per heavy atom. The minimum Gasteiger partial charge on any atom is -0.467 e. The Bertz CT molecular complexity index is 1620. The molecule has 1 spiro atoms. The van der Waals surface area contributed by atoms with Crippen molar-refractivity contribution < 1.29 is 57.9 Å². The van der Waals surface area contributed by atoms with Crippen molar-refractivity contribution in [1.29, 1.82) is 0 Å². The molecule has 2 heterocycles. The summed E-state index contributed by atoms with van der Waals surface area (Å²) in [5.74, 6) is -7.25. The number of nitrogens with two attached hydrogens (primary N) is 1. The first kappa shape index (κ1) is 34.0. The minimum absolute atomic E-state index is 0.101. The number of carbonyl (C=O) groups excluding carboxylic acids is 5. The monoisotopic (exact) mass is 667 g/mol. The lowest BCUT2D eigenvalue weighted by molar-refractivity contribution is -0.290. The molecule has 3 aliphatic carbocycles. The predicted octanol–water partition coefficient (Wildman–Crippen LogP) is 1.07. The third-order valence-electron chi connectivity index (χ3n) is 11.3. The highest BCUT2D eigenvalue weighted by Crippen LogP contribution is 2.72. The van der Waals surface area contributed by atoms with Crippen molar-refractivity contribution in [3.63, 3.8) is 0 Å². The molecule has 13 nitrogen and oxygen atoms in total. The summed E-state index contributed by atoms with van der Waals surface area (Å²) >= 11 is 0. The van der Waals surface area contributed by atoms with Gasteiger partial charge in [0.25, 0.3) is 0 Å². The molecule has 2 saturated carbocycles. The topological polar surface area (TPSA) is 198 Å². The van der Waals surface area contributed by atoms with E-state index >= 15 is 0 Å². The minimum atomic E-state index is -2.28. The van der Waals surface area contributed by atoms with Gasteiger partial charge in [-0.3, -0.25) is 4.79 Å². The van der Waals surface area contributed by atoms with Gasteiger partial charge in [-0.1, -0.05) is 42.8 Å². The average Bonchev–Trinajstić information content (AvgIpc) is 3.33. The average molecular weight is 668 g/mol. The number of methoxy groups -OCH3 is 1. The molecule has 2 bridgehead atoms. The molecule has 0 radical (unpaired) electrons. The SMILES string of the molecule is COC(=O)[C@@]12OC[C@]34C([C@@H](O)[C@@H]1O)[C@@]1(C)CC(=O)C(OC(=O)[C@@H](N)Cc5ccccc5)=C(C)[C@@H]1C[C@H]3OC(=O)[C@H](OC(=O)C=C(C)C)[C@@H]24. The van der Waals surface area contributed by atoms with Gasteiger partial charge in [0.2, 0.25) is 11.7 Å². The van der Waals surface area contributed by atoms with Gasteiger partial charge in [-0.2, -0.15) is 0 Å². The van der Waals surface area contributed by atoms with Crippen LogP contribution in [0.5, 0.6) is 0 Å². The molecular formula is C35H41NO12. The van der Waals surface area contributed by atoms with Gasteiger partial charge in [0.15, 0.2) is 11.5 Å². The van der Waals surface area contributed by atoms with Crippen molar-refractivity contribution in [2.24, 2.45) is 34.3 Å². The Balaban J connectivity index is 1.41. The predicted molar refractivity (Wildman–Crippen MR) is 164 cm³/mol.